The number of benzene rings is 1. The molecule has 1 heterocycles. The van der Waals surface area contributed by atoms with Gasteiger partial charge in [-0.15, -0.1) is 0 Å². The Kier molecular flexibility index (Phi) is 3.32. The summed E-state index contributed by atoms with van der Waals surface area (Å²) in [6.45, 7) is 1.39. The number of H-pyrrole nitrogens is 1. The summed E-state index contributed by atoms with van der Waals surface area (Å²) in [6.07, 6.45) is -3.09. The molecule has 0 saturated carbocycles. The first kappa shape index (κ1) is 13.5. The number of aromatic amines is 1. The van der Waals surface area contributed by atoms with Crippen molar-refractivity contribution in [3.8, 4) is 5.69 Å². The molecular weight excluding hydrogens is 277 g/mol. The monoisotopic (exact) mass is 286 g/mol. The van der Waals surface area contributed by atoms with Gasteiger partial charge in [-0.1, -0.05) is 6.07 Å². The fourth-order valence-electron chi connectivity index (χ4n) is 1.69. The van der Waals surface area contributed by atoms with E-state index in [2.05, 4.69) is 4.98 Å². The highest BCUT2D eigenvalue weighted by atomic mass is 32.1. The van der Waals surface area contributed by atoms with Crippen molar-refractivity contribution in [1.82, 2.24) is 9.55 Å². The summed E-state index contributed by atoms with van der Waals surface area (Å²) >= 11 is 4.92. The van der Waals surface area contributed by atoms with E-state index in [1.165, 1.54) is 35.9 Å². The zero-order chi connectivity index (χ0) is 14.2. The molecule has 0 unspecified atom stereocenters. The van der Waals surface area contributed by atoms with Crippen LogP contribution in [0.15, 0.2) is 35.3 Å². The molecule has 0 amide bonds. The number of nitrogens with zero attached hydrogens (tertiary/aromatic N) is 1. The molecule has 0 fully saturated rings. The Morgan fingerprint density at radius 3 is 2.53 bits per heavy atom. The molecule has 0 saturated heterocycles. The highest BCUT2D eigenvalue weighted by Gasteiger charge is 2.32. The van der Waals surface area contributed by atoms with Crippen LogP contribution in [0.25, 0.3) is 5.69 Å². The van der Waals surface area contributed by atoms with E-state index < -0.39 is 17.3 Å². The van der Waals surface area contributed by atoms with Crippen LogP contribution in [0.3, 0.4) is 0 Å². The molecule has 7 heteroatoms. The Bertz CT molecular complexity index is 731. The van der Waals surface area contributed by atoms with Crippen molar-refractivity contribution in [3.63, 3.8) is 0 Å². The van der Waals surface area contributed by atoms with E-state index in [1.54, 1.807) is 0 Å². The summed E-state index contributed by atoms with van der Waals surface area (Å²) in [5.74, 6) is 0. The topological polar surface area (TPSA) is 37.8 Å². The Hall–Kier alpha value is -1.89. The maximum Gasteiger partial charge on any atom is 0.416 e. The molecule has 0 aliphatic heterocycles. The average molecular weight is 286 g/mol. The molecule has 3 nitrogen and oxygen atoms in total. The lowest BCUT2D eigenvalue weighted by molar-refractivity contribution is -0.138. The third kappa shape index (κ3) is 2.76. The van der Waals surface area contributed by atoms with Crippen molar-refractivity contribution >= 4 is 12.2 Å². The summed E-state index contributed by atoms with van der Waals surface area (Å²) in [7, 11) is 0. The van der Waals surface area contributed by atoms with E-state index in [-0.39, 0.29) is 16.0 Å². The predicted octanol–water partition coefficient (Wildman–Crippen LogP) is 3.22. The second-order valence-electron chi connectivity index (χ2n) is 3.98. The third-order valence-corrected chi connectivity index (χ3v) is 2.93. The van der Waals surface area contributed by atoms with Crippen LogP contribution in [-0.4, -0.2) is 9.55 Å². The van der Waals surface area contributed by atoms with E-state index >= 15 is 0 Å². The molecule has 2 rings (SSSR count). The van der Waals surface area contributed by atoms with Gasteiger partial charge in [0.25, 0.3) is 5.56 Å². The van der Waals surface area contributed by atoms with Gasteiger partial charge in [-0.05, 0) is 36.8 Å². The van der Waals surface area contributed by atoms with Crippen molar-refractivity contribution < 1.29 is 13.2 Å². The Labute approximate surface area is 111 Å². The van der Waals surface area contributed by atoms with Crippen LogP contribution in [-0.2, 0) is 6.18 Å². The Morgan fingerprint density at radius 2 is 1.95 bits per heavy atom. The van der Waals surface area contributed by atoms with Crippen LogP contribution in [0.2, 0.25) is 0 Å². The fourth-order valence-corrected chi connectivity index (χ4v) is 1.95. The number of aryl methyl sites for hydroxylation is 1. The van der Waals surface area contributed by atoms with E-state index in [0.717, 1.165) is 6.07 Å². The van der Waals surface area contributed by atoms with Gasteiger partial charge in [-0.25, -0.2) is 0 Å². The van der Waals surface area contributed by atoms with Crippen LogP contribution in [0.1, 0.15) is 11.1 Å². The van der Waals surface area contributed by atoms with Gasteiger partial charge in [-0.3, -0.25) is 14.3 Å². The van der Waals surface area contributed by atoms with Gasteiger partial charge < -0.3 is 0 Å². The van der Waals surface area contributed by atoms with Crippen molar-refractivity contribution in [2.24, 2.45) is 0 Å². The molecule has 1 aromatic heterocycles. The summed E-state index contributed by atoms with van der Waals surface area (Å²) < 4.78 is 39.8. The lowest BCUT2D eigenvalue weighted by Crippen LogP contribution is -2.12. The molecule has 0 spiro atoms. The predicted molar refractivity (Wildman–Crippen MR) is 67.0 cm³/mol. The Morgan fingerprint density at radius 1 is 1.26 bits per heavy atom. The second-order valence-corrected chi connectivity index (χ2v) is 4.36. The zero-order valence-electron chi connectivity index (χ0n) is 9.78. The number of aromatic nitrogens is 2. The smallest absolute Gasteiger partial charge is 0.299 e. The van der Waals surface area contributed by atoms with Gasteiger partial charge in [0.1, 0.15) is 0 Å². The molecule has 0 radical (unpaired) electrons. The molecule has 100 valence electrons. The molecule has 0 aliphatic rings. The van der Waals surface area contributed by atoms with Crippen LogP contribution in [0, 0.1) is 11.7 Å². The normalized spacial score (nSPS) is 11.6. The van der Waals surface area contributed by atoms with Gasteiger partial charge in [0, 0.05) is 18.0 Å². The third-order valence-electron chi connectivity index (χ3n) is 2.63. The van der Waals surface area contributed by atoms with E-state index in [0.29, 0.717) is 0 Å². The van der Waals surface area contributed by atoms with Crippen molar-refractivity contribution in [1.29, 1.82) is 0 Å². The van der Waals surface area contributed by atoms with Crippen molar-refractivity contribution in [3.05, 3.63) is 56.7 Å². The molecular formula is C12H9F3N2OS. The zero-order valence-corrected chi connectivity index (χ0v) is 10.6. The summed E-state index contributed by atoms with van der Waals surface area (Å²) in [5, 5.41) is 0. The average Bonchev–Trinajstić information content (AvgIpc) is 2.29. The first-order chi connectivity index (χ1) is 8.79. The van der Waals surface area contributed by atoms with Gasteiger partial charge in [0.05, 0.1) is 5.56 Å². The minimum absolute atomic E-state index is 0.0458. The molecule has 1 aromatic carbocycles. The van der Waals surface area contributed by atoms with Gasteiger partial charge in [0.2, 0.25) is 0 Å². The number of nitrogens with one attached hydrogen (secondary N) is 1. The number of alkyl halides is 3. The minimum atomic E-state index is -4.43. The SMILES string of the molecule is Cc1ccc(-n2ccc(=O)[nH]c2=S)cc1C(F)(F)F. The second kappa shape index (κ2) is 4.65. The minimum Gasteiger partial charge on any atom is -0.299 e. The first-order valence-corrected chi connectivity index (χ1v) is 5.70. The summed E-state index contributed by atoms with van der Waals surface area (Å²) in [4.78, 5) is 13.4. The lowest BCUT2D eigenvalue weighted by Gasteiger charge is -2.13. The largest absolute Gasteiger partial charge is 0.416 e. The first-order valence-electron chi connectivity index (χ1n) is 5.29. The summed E-state index contributed by atoms with van der Waals surface area (Å²) in [5.41, 5.74) is -0.742. The van der Waals surface area contributed by atoms with E-state index in [1.807, 2.05) is 0 Å². The van der Waals surface area contributed by atoms with Crippen LogP contribution >= 0.6 is 12.2 Å². The van der Waals surface area contributed by atoms with E-state index in [9.17, 15) is 18.0 Å². The van der Waals surface area contributed by atoms with Crippen LogP contribution < -0.4 is 5.56 Å². The number of hydrogen-bond donors (Lipinski definition) is 1. The van der Waals surface area contributed by atoms with Gasteiger partial charge >= 0.3 is 6.18 Å². The van der Waals surface area contributed by atoms with Crippen LogP contribution in [0.5, 0.6) is 0 Å². The Balaban J connectivity index is 2.65. The van der Waals surface area contributed by atoms with Gasteiger partial charge in [0.15, 0.2) is 4.77 Å². The number of rotatable bonds is 1. The highest BCUT2D eigenvalue weighted by molar-refractivity contribution is 7.71. The lowest BCUT2D eigenvalue weighted by atomic mass is 10.1. The number of halogens is 3. The molecule has 0 aliphatic carbocycles. The summed E-state index contributed by atoms with van der Waals surface area (Å²) in [6, 6.07) is 5.08. The maximum absolute atomic E-state index is 12.8. The van der Waals surface area contributed by atoms with Crippen molar-refractivity contribution in [2.75, 3.05) is 0 Å². The van der Waals surface area contributed by atoms with E-state index in [4.69, 9.17) is 12.2 Å². The molecule has 0 bridgehead atoms. The maximum atomic E-state index is 12.8. The van der Waals surface area contributed by atoms with Crippen molar-refractivity contribution in [2.45, 2.75) is 13.1 Å². The molecule has 0 atom stereocenters. The van der Waals surface area contributed by atoms with Gasteiger partial charge in [-0.2, -0.15) is 13.2 Å². The highest BCUT2D eigenvalue weighted by Crippen LogP contribution is 2.32. The molecule has 19 heavy (non-hydrogen) atoms. The quantitative estimate of drug-likeness (QED) is 0.817. The fraction of sp³-hybridized carbons (Fsp3) is 0.167. The number of hydrogen-bond acceptors (Lipinski definition) is 2. The van der Waals surface area contributed by atoms with Crippen LogP contribution in [0.4, 0.5) is 13.2 Å². The standard InChI is InChI=1S/C12H9F3N2OS/c1-7-2-3-8(6-9(7)12(13,14)15)17-5-4-10(18)16-11(17)19/h2-6H,1H3,(H,16,18,19). The molecule has 1 N–H and O–H groups in total. The molecule has 2 aromatic rings.